The maximum atomic E-state index is 15.7. The molecule has 4 N–H and O–H groups in total. The Morgan fingerprint density at radius 1 is 1.00 bits per heavy atom. The van der Waals surface area contributed by atoms with Crippen LogP contribution in [0, 0.1) is 39.4 Å². The second kappa shape index (κ2) is 13.8. The summed E-state index contributed by atoms with van der Waals surface area (Å²) in [6.07, 6.45) is -4.64. The van der Waals surface area contributed by atoms with E-state index < -0.39 is 53.5 Å². The predicted molar refractivity (Wildman–Crippen MR) is 161 cm³/mol. The summed E-state index contributed by atoms with van der Waals surface area (Å²) < 4.78 is 57.6. The second-order valence-corrected chi connectivity index (χ2v) is 11.8. The van der Waals surface area contributed by atoms with Crippen molar-refractivity contribution in [1.82, 2.24) is 9.88 Å². The number of nitrogens with one attached hydrogen (secondary N) is 1. The van der Waals surface area contributed by atoms with Crippen LogP contribution in [0.2, 0.25) is 0 Å². The fourth-order valence-corrected chi connectivity index (χ4v) is 5.76. The smallest absolute Gasteiger partial charge is 0.416 e. The molecule has 0 aliphatic rings. The molecule has 0 spiro atoms. The van der Waals surface area contributed by atoms with Crippen LogP contribution in [0.25, 0.3) is 11.1 Å². The highest BCUT2D eigenvalue weighted by Crippen LogP contribution is 2.35. The molecule has 0 aliphatic heterocycles. The van der Waals surface area contributed by atoms with Gasteiger partial charge in [0.05, 0.1) is 18.0 Å². The third-order valence-corrected chi connectivity index (χ3v) is 7.53. The molecule has 1 heterocycles. The van der Waals surface area contributed by atoms with Crippen molar-refractivity contribution >= 4 is 11.9 Å². The van der Waals surface area contributed by atoms with E-state index in [-0.39, 0.29) is 42.0 Å². The standard InChI is InChI=1S/C33H39F4N3O4/c1-17(2)9-27(40-16-22(7-8-38)25(14-28(40)41)33(35,36)37)32(44)39-26(15-29(42)43)24-13-23(12-21(6)31(24)34)30-19(4)10-18(3)11-20(30)5/h10-14,16-17,26-27H,7-9,15,38H2,1-6H3,(H,39,44)(H,42,43)/t26-,27?/m0/s1. The van der Waals surface area contributed by atoms with Crippen molar-refractivity contribution in [2.45, 2.75) is 79.1 Å². The number of hydrogen-bond donors (Lipinski definition) is 3. The molecule has 0 radical (unpaired) electrons. The van der Waals surface area contributed by atoms with Crippen LogP contribution in [0.3, 0.4) is 0 Å². The van der Waals surface area contributed by atoms with E-state index in [9.17, 15) is 32.7 Å². The number of pyridine rings is 1. The van der Waals surface area contributed by atoms with E-state index in [1.165, 1.54) is 6.07 Å². The molecule has 3 rings (SSSR count). The predicted octanol–water partition coefficient (Wildman–Crippen LogP) is 6.33. The van der Waals surface area contributed by atoms with Crippen molar-refractivity contribution < 1.29 is 32.3 Å². The number of halogens is 4. The van der Waals surface area contributed by atoms with Crippen molar-refractivity contribution in [1.29, 1.82) is 0 Å². The van der Waals surface area contributed by atoms with Gasteiger partial charge in [-0.1, -0.05) is 31.5 Å². The Hall–Kier alpha value is -3.99. The molecule has 0 bridgehead atoms. The number of benzene rings is 2. The lowest BCUT2D eigenvalue weighted by Gasteiger charge is -2.27. The molecule has 1 amide bonds. The Morgan fingerprint density at radius 2 is 1.61 bits per heavy atom. The molecule has 238 valence electrons. The number of aryl methyl sites for hydroxylation is 4. The van der Waals surface area contributed by atoms with Gasteiger partial charge < -0.3 is 20.7 Å². The van der Waals surface area contributed by atoms with E-state index in [1.807, 2.05) is 32.9 Å². The average Bonchev–Trinajstić information content (AvgIpc) is 2.88. The van der Waals surface area contributed by atoms with E-state index in [0.717, 1.165) is 33.0 Å². The van der Waals surface area contributed by atoms with E-state index in [1.54, 1.807) is 26.8 Å². The number of carboxylic acid groups (broad SMARTS) is 1. The Balaban J connectivity index is 2.15. The summed E-state index contributed by atoms with van der Waals surface area (Å²) in [6.45, 7) is 10.7. The summed E-state index contributed by atoms with van der Waals surface area (Å²) in [5.41, 5.74) is 7.70. The summed E-state index contributed by atoms with van der Waals surface area (Å²) >= 11 is 0. The molecule has 2 aromatic carbocycles. The zero-order chi connectivity index (χ0) is 33.1. The number of rotatable bonds is 11. The van der Waals surface area contributed by atoms with Crippen LogP contribution in [0.15, 0.2) is 41.3 Å². The van der Waals surface area contributed by atoms with Gasteiger partial charge in [-0.05, 0) is 98.5 Å². The SMILES string of the molecule is Cc1cc(C)c(-c2cc(C)c(F)c([C@H](CC(=O)O)NC(=O)C(CC(C)C)n3cc(CCN)c(C(F)(F)F)cc3=O)c2)c(C)c1. The normalized spacial score (nSPS) is 13.2. The number of carbonyl (C=O) groups excluding carboxylic acids is 1. The molecule has 1 aromatic heterocycles. The van der Waals surface area contributed by atoms with Crippen LogP contribution < -0.4 is 16.6 Å². The van der Waals surface area contributed by atoms with Crippen molar-refractivity contribution in [2.75, 3.05) is 6.54 Å². The third-order valence-electron chi connectivity index (χ3n) is 7.53. The molecule has 7 nitrogen and oxygen atoms in total. The number of aromatic nitrogens is 1. The van der Waals surface area contributed by atoms with Crippen molar-refractivity contribution in [2.24, 2.45) is 11.7 Å². The summed E-state index contributed by atoms with van der Waals surface area (Å²) in [5.74, 6) is -3.01. The lowest BCUT2D eigenvalue weighted by molar-refractivity contribution is -0.139. The van der Waals surface area contributed by atoms with Crippen molar-refractivity contribution in [3.8, 4) is 11.1 Å². The molecule has 0 aliphatic carbocycles. The fraction of sp³-hybridized carbons (Fsp3) is 0.424. The van der Waals surface area contributed by atoms with Crippen molar-refractivity contribution in [3.05, 3.63) is 91.6 Å². The van der Waals surface area contributed by atoms with Crippen LogP contribution in [0.5, 0.6) is 0 Å². The van der Waals surface area contributed by atoms with E-state index in [2.05, 4.69) is 5.32 Å². The molecular weight excluding hydrogens is 578 g/mol. The molecule has 3 aromatic rings. The summed E-state index contributed by atoms with van der Waals surface area (Å²) in [6, 6.07) is 4.94. The minimum atomic E-state index is -4.81. The Bertz CT molecular complexity index is 1590. The molecule has 0 saturated heterocycles. The van der Waals surface area contributed by atoms with Crippen LogP contribution in [-0.2, 0) is 22.2 Å². The number of carboxylic acids is 1. The number of aliphatic carboxylic acids is 1. The third kappa shape index (κ3) is 7.93. The number of hydrogen-bond acceptors (Lipinski definition) is 4. The molecule has 0 fully saturated rings. The van der Waals surface area contributed by atoms with Crippen LogP contribution in [0.4, 0.5) is 17.6 Å². The molecule has 2 atom stereocenters. The molecular formula is C33H39F4N3O4. The largest absolute Gasteiger partial charge is 0.481 e. The highest BCUT2D eigenvalue weighted by atomic mass is 19.4. The second-order valence-electron chi connectivity index (χ2n) is 11.8. The van der Waals surface area contributed by atoms with Gasteiger partial charge in [0.2, 0.25) is 5.91 Å². The Morgan fingerprint density at radius 3 is 2.14 bits per heavy atom. The number of nitrogens with zero attached hydrogens (tertiary/aromatic N) is 1. The first-order valence-corrected chi connectivity index (χ1v) is 14.4. The van der Waals surface area contributed by atoms with Gasteiger partial charge in [-0.15, -0.1) is 0 Å². The van der Waals surface area contributed by atoms with E-state index >= 15 is 4.39 Å². The number of amides is 1. The van der Waals surface area contributed by atoms with Crippen LogP contribution in [-0.4, -0.2) is 28.1 Å². The maximum Gasteiger partial charge on any atom is 0.416 e. The zero-order valence-electron chi connectivity index (χ0n) is 25.7. The van der Waals surface area contributed by atoms with Gasteiger partial charge in [0.25, 0.3) is 5.56 Å². The quantitative estimate of drug-likeness (QED) is 0.218. The fourth-order valence-electron chi connectivity index (χ4n) is 5.76. The molecule has 44 heavy (non-hydrogen) atoms. The van der Waals surface area contributed by atoms with E-state index in [4.69, 9.17) is 5.73 Å². The summed E-state index contributed by atoms with van der Waals surface area (Å²) in [5, 5.41) is 12.3. The molecule has 1 unspecified atom stereocenters. The highest BCUT2D eigenvalue weighted by Gasteiger charge is 2.36. The average molecular weight is 618 g/mol. The maximum absolute atomic E-state index is 15.7. The van der Waals surface area contributed by atoms with Gasteiger partial charge in [-0.25, -0.2) is 4.39 Å². The minimum Gasteiger partial charge on any atom is -0.481 e. The first-order valence-electron chi connectivity index (χ1n) is 14.4. The first-order chi connectivity index (χ1) is 20.4. The van der Waals surface area contributed by atoms with Gasteiger partial charge >= 0.3 is 12.1 Å². The monoisotopic (exact) mass is 617 g/mol. The van der Waals surface area contributed by atoms with Crippen molar-refractivity contribution in [3.63, 3.8) is 0 Å². The number of nitrogens with two attached hydrogens (primary N) is 1. The van der Waals surface area contributed by atoms with Crippen LogP contribution in [0.1, 0.15) is 77.7 Å². The number of carbonyl (C=O) groups is 2. The zero-order valence-corrected chi connectivity index (χ0v) is 25.7. The van der Waals surface area contributed by atoms with Gasteiger partial charge in [0.1, 0.15) is 11.9 Å². The molecule has 0 saturated carbocycles. The topological polar surface area (TPSA) is 114 Å². The summed E-state index contributed by atoms with van der Waals surface area (Å²) in [4.78, 5) is 38.7. The highest BCUT2D eigenvalue weighted by molar-refractivity contribution is 5.82. The summed E-state index contributed by atoms with van der Waals surface area (Å²) in [7, 11) is 0. The molecule has 11 heteroatoms. The van der Waals surface area contributed by atoms with Gasteiger partial charge in [-0.3, -0.25) is 14.4 Å². The lowest BCUT2D eigenvalue weighted by Crippen LogP contribution is -2.41. The van der Waals surface area contributed by atoms with E-state index in [0.29, 0.717) is 11.6 Å². The first kappa shape index (κ1) is 34.5. The lowest BCUT2D eigenvalue weighted by atomic mass is 9.89. The Labute approximate surface area is 254 Å². The van der Waals surface area contributed by atoms with Gasteiger partial charge in [-0.2, -0.15) is 13.2 Å². The number of alkyl halides is 3. The van der Waals surface area contributed by atoms with Crippen LogP contribution >= 0.6 is 0 Å². The van der Waals surface area contributed by atoms with Gasteiger partial charge in [0, 0.05) is 17.8 Å². The van der Waals surface area contributed by atoms with Gasteiger partial charge in [0.15, 0.2) is 0 Å². The minimum absolute atomic E-state index is 0.0439. The Kier molecular flexibility index (Phi) is 10.8.